The zero-order valence-electron chi connectivity index (χ0n) is 19.2. The van der Waals surface area contributed by atoms with Crippen molar-refractivity contribution in [1.82, 2.24) is 20.5 Å². The Balaban J connectivity index is 0.00000306. The van der Waals surface area contributed by atoms with Crippen LogP contribution in [0, 0.1) is 0 Å². The molecule has 1 aliphatic heterocycles. The zero-order valence-corrected chi connectivity index (χ0v) is 21.5. The number of rotatable bonds is 8. The minimum absolute atomic E-state index is 0. The van der Waals surface area contributed by atoms with Gasteiger partial charge in [0.25, 0.3) is 0 Å². The summed E-state index contributed by atoms with van der Waals surface area (Å²) in [5, 5.41) is 6.83. The molecule has 0 amide bonds. The number of ether oxygens (including phenoxy) is 1. The van der Waals surface area contributed by atoms with Crippen molar-refractivity contribution in [1.29, 1.82) is 0 Å². The highest BCUT2D eigenvalue weighted by molar-refractivity contribution is 14.0. The Morgan fingerprint density at radius 3 is 2.48 bits per heavy atom. The Morgan fingerprint density at radius 2 is 1.82 bits per heavy atom. The Bertz CT molecular complexity index is 1000. The molecule has 33 heavy (non-hydrogen) atoms. The number of benzene rings is 2. The van der Waals surface area contributed by atoms with E-state index in [1.807, 2.05) is 42.5 Å². The summed E-state index contributed by atoms with van der Waals surface area (Å²) in [7, 11) is 3.48. The van der Waals surface area contributed by atoms with Crippen molar-refractivity contribution in [3.05, 3.63) is 72.1 Å². The third-order valence-electron chi connectivity index (χ3n) is 5.78. The van der Waals surface area contributed by atoms with Crippen LogP contribution in [0.15, 0.2) is 70.3 Å². The second-order valence-electron chi connectivity index (χ2n) is 7.85. The summed E-state index contributed by atoms with van der Waals surface area (Å²) in [5.74, 6) is 2.24. The van der Waals surface area contributed by atoms with Crippen LogP contribution in [-0.4, -0.2) is 49.6 Å². The van der Waals surface area contributed by atoms with Gasteiger partial charge in [0.05, 0.1) is 25.4 Å². The summed E-state index contributed by atoms with van der Waals surface area (Å²) in [4.78, 5) is 11.5. The van der Waals surface area contributed by atoms with E-state index in [2.05, 4.69) is 37.6 Å². The van der Waals surface area contributed by atoms with Gasteiger partial charge in [0.1, 0.15) is 12.0 Å². The number of nitrogens with one attached hydrogen (secondary N) is 2. The summed E-state index contributed by atoms with van der Waals surface area (Å²) in [6.45, 7) is 3.53. The SMILES string of the molecule is CN=C(NCc1coc(-c2ccccc2)n1)NCC(c1ccc(OC)cc1)N1CCCC1.I. The van der Waals surface area contributed by atoms with Crippen molar-refractivity contribution in [3.63, 3.8) is 0 Å². The van der Waals surface area contributed by atoms with Gasteiger partial charge in [0, 0.05) is 19.2 Å². The molecule has 0 saturated carbocycles. The number of halogens is 1. The van der Waals surface area contributed by atoms with Gasteiger partial charge in [0.15, 0.2) is 5.96 Å². The van der Waals surface area contributed by atoms with Crippen LogP contribution in [-0.2, 0) is 6.54 Å². The minimum Gasteiger partial charge on any atom is -0.497 e. The number of nitrogens with zero attached hydrogens (tertiary/aromatic N) is 3. The van der Waals surface area contributed by atoms with E-state index < -0.39 is 0 Å². The number of likely N-dealkylation sites (tertiary alicyclic amines) is 1. The lowest BCUT2D eigenvalue weighted by Gasteiger charge is -2.29. The molecule has 1 atom stereocenters. The minimum atomic E-state index is 0. The van der Waals surface area contributed by atoms with Gasteiger partial charge in [-0.2, -0.15) is 0 Å². The lowest BCUT2D eigenvalue weighted by molar-refractivity contribution is 0.245. The van der Waals surface area contributed by atoms with E-state index in [1.54, 1.807) is 20.4 Å². The molecule has 176 valence electrons. The summed E-state index contributed by atoms with van der Waals surface area (Å²) in [5.41, 5.74) is 3.08. The van der Waals surface area contributed by atoms with Gasteiger partial charge < -0.3 is 19.8 Å². The standard InChI is InChI=1S/C25H31N5O2.HI/c1-26-25(27-16-21-18-32-24(29-21)20-8-4-3-5-9-20)28-17-23(30-14-6-7-15-30)19-10-12-22(31-2)13-11-19;/h3-5,8-13,18,23H,6-7,14-17H2,1-2H3,(H2,26,27,28);1H. The van der Waals surface area contributed by atoms with Crippen LogP contribution in [0.2, 0.25) is 0 Å². The molecule has 1 fully saturated rings. The second kappa shape index (κ2) is 12.6. The average Bonchev–Trinajstić information content (AvgIpc) is 3.55. The van der Waals surface area contributed by atoms with Gasteiger partial charge in [-0.25, -0.2) is 4.98 Å². The summed E-state index contributed by atoms with van der Waals surface area (Å²) >= 11 is 0. The quantitative estimate of drug-likeness (QED) is 0.240. The third kappa shape index (κ3) is 6.70. The fraction of sp³-hybridized carbons (Fsp3) is 0.360. The maximum absolute atomic E-state index is 5.63. The highest BCUT2D eigenvalue weighted by atomic mass is 127. The molecule has 0 bridgehead atoms. The molecule has 2 N–H and O–H groups in total. The fourth-order valence-electron chi connectivity index (χ4n) is 4.03. The highest BCUT2D eigenvalue weighted by Crippen LogP contribution is 2.26. The average molecular weight is 561 g/mol. The molecule has 7 nitrogen and oxygen atoms in total. The molecule has 1 aromatic heterocycles. The van der Waals surface area contributed by atoms with Crippen molar-refractivity contribution in [2.75, 3.05) is 33.8 Å². The van der Waals surface area contributed by atoms with E-state index in [9.17, 15) is 0 Å². The lowest BCUT2D eigenvalue weighted by atomic mass is 10.1. The van der Waals surface area contributed by atoms with E-state index >= 15 is 0 Å². The first-order valence-electron chi connectivity index (χ1n) is 11.1. The number of guanidine groups is 1. The van der Waals surface area contributed by atoms with Crippen LogP contribution in [0.4, 0.5) is 0 Å². The first-order chi connectivity index (χ1) is 15.8. The Hall–Kier alpha value is -2.59. The molecule has 0 aliphatic carbocycles. The summed E-state index contributed by atoms with van der Waals surface area (Å²) in [6.07, 6.45) is 4.18. The number of hydrogen-bond acceptors (Lipinski definition) is 5. The predicted octanol–water partition coefficient (Wildman–Crippen LogP) is 4.47. The van der Waals surface area contributed by atoms with Gasteiger partial charge in [-0.05, 0) is 55.8 Å². The van der Waals surface area contributed by atoms with Gasteiger partial charge >= 0.3 is 0 Å². The number of hydrogen-bond donors (Lipinski definition) is 2. The third-order valence-corrected chi connectivity index (χ3v) is 5.78. The zero-order chi connectivity index (χ0) is 22.2. The maximum atomic E-state index is 5.63. The predicted molar refractivity (Wildman–Crippen MR) is 142 cm³/mol. The molecular formula is C25H32IN5O2. The first kappa shape index (κ1) is 25.0. The Kier molecular flexibility index (Phi) is 9.56. The monoisotopic (exact) mass is 561 g/mol. The fourth-order valence-corrected chi connectivity index (χ4v) is 4.03. The van der Waals surface area contributed by atoms with Crippen LogP contribution < -0.4 is 15.4 Å². The normalized spacial score (nSPS) is 15.0. The van der Waals surface area contributed by atoms with Crippen molar-refractivity contribution in [2.45, 2.75) is 25.4 Å². The summed E-state index contributed by atoms with van der Waals surface area (Å²) < 4.78 is 11.0. The van der Waals surface area contributed by atoms with Gasteiger partial charge in [0.2, 0.25) is 5.89 Å². The van der Waals surface area contributed by atoms with E-state index in [1.165, 1.54) is 18.4 Å². The molecule has 2 heterocycles. The van der Waals surface area contributed by atoms with Crippen LogP contribution in [0.25, 0.3) is 11.5 Å². The van der Waals surface area contributed by atoms with E-state index in [0.717, 1.165) is 42.6 Å². The molecule has 1 saturated heterocycles. The van der Waals surface area contributed by atoms with E-state index in [4.69, 9.17) is 9.15 Å². The van der Waals surface area contributed by atoms with E-state index in [-0.39, 0.29) is 30.0 Å². The molecule has 8 heteroatoms. The Morgan fingerprint density at radius 1 is 1.09 bits per heavy atom. The van der Waals surface area contributed by atoms with Crippen LogP contribution in [0.5, 0.6) is 5.75 Å². The maximum Gasteiger partial charge on any atom is 0.226 e. The van der Waals surface area contributed by atoms with Crippen molar-refractivity contribution in [2.24, 2.45) is 4.99 Å². The van der Waals surface area contributed by atoms with E-state index in [0.29, 0.717) is 12.4 Å². The van der Waals surface area contributed by atoms with Crippen molar-refractivity contribution < 1.29 is 9.15 Å². The molecule has 4 rings (SSSR count). The van der Waals surface area contributed by atoms with Crippen LogP contribution in [0.3, 0.4) is 0 Å². The first-order valence-corrected chi connectivity index (χ1v) is 11.1. The molecule has 1 unspecified atom stereocenters. The van der Waals surface area contributed by atoms with Crippen molar-refractivity contribution >= 4 is 29.9 Å². The molecule has 1 aliphatic rings. The second-order valence-corrected chi connectivity index (χ2v) is 7.85. The molecule has 0 spiro atoms. The Labute approximate surface area is 212 Å². The smallest absolute Gasteiger partial charge is 0.226 e. The van der Waals surface area contributed by atoms with Gasteiger partial charge in [-0.1, -0.05) is 30.3 Å². The number of aliphatic imine (C=N–C) groups is 1. The lowest BCUT2D eigenvalue weighted by Crippen LogP contribution is -2.42. The number of methoxy groups -OCH3 is 1. The molecular weight excluding hydrogens is 529 g/mol. The number of aromatic nitrogens is 1. The molecule has 2 aromatic carbocycles. The van der Waals surface area contributed by atoms with Gasteiger partial charge in [-0.3, -0.25) is 9.89 Å². The summed E-state index contributed by atoms with van der Waals surface area (Å²) in [6, 6.07) is 18.5. The van der Waals surface area contributed by atoms with Crippen LogP contribution >= 0.6 is 24.0 Å². The molecule has 3 aromatic rings. The highest BCUT2D eigenvalue weighted by Gasteiger charge is 2.23. The van der Waals surface area contributed by atoms with Gasteiger partial charge in [-0.15, -0.1) is 24.0 Å². The van der Waals surface area contributed by atoms with Crippen LogP contribution in [0.1, 0.15) is 30.1 Å². The topological polar surface area (TPSA) is 74.9 Å². The number of oxazole rings is 1. The molecule has 0 radical (unpaired) electrons. The van der Waals surface area contributed by atoms with Crippen molar-refractivity contribution in [3.8, 4) is 17.2 Å². The largest absolute Gasteiger partial charge is 0.497 e.